The van der Waals surface area contributed by atoms with Gasteiger partial charge in [-0.1, -0.05) is 31.4 Å². The molecule has 0 N–H and O–H groups in total. The molecule has 1 aliphatic rings. The molecule has 0 heterocycles. The summed E-state index contributed by atoms with van der Waals surface area (Å²) in [4.78, 5) is 0. The maximum Gasteiger partial charge on any atom is 0.123 e. The first-order valence-corrected chi connectivity index (χ1v) is 6.58. The first-order valence-electron chi connectivity index (χ1n) is 6.14. The normalized spacial score (nSPS) is 26.4. The minimum atomic E-state index is -0.141. The van der Waals surface area contributed by atoms with E-state index in [0.717, 1.165) is 18.4 Å². The number of hydrogen-bond acceptors (Lipinski definition) is 0. The molecule has 1 aromatic rings. The molecule has 16 heavy (non-hydrogen) atoms. The van der Waals surface area contributed by atoms with Gasteiger partial charge in [0.25, 0.3) is 0 Å². The SMILES string of the molecule is Fc1cccc(CC2CCCCCC2Cl)c1. The molecule has 0 aliphatic heterocycles. The van der Waals surface area contributed by atoms with Crippen molar-refractivity contribution in [1.82, 2.24) is 0 Å². The second-order valence-electron chi connectivity index (χ2n) is 4.75. The molecule has 2 heteroatoms. The van der Waals surface area contributed by atoms with Gasteiger partial charge in [-0.15, -0.1) is 11.6 Å². The third kappa shape index (κ3) is 3.21. The Bertz CT molecular complexity index is 337. The summed E-state index contributed by atoms with van der Waals surface area (Å²) in [5.74, 6) is 0.378. The first kappa shape index (κ1) is 11.9. The molecular weight excluding hydrogens is 223 g/mol. The van der Waals surface area contributed by atoms with Crippen LogP contribution in [-0.2, 0) is 6.42 Å². The van der Waals surface area contributed by atoms with Crippen molar-refractivity contribution < 1.29 is 4.39 Å². The summed E-state index contributed by atoms with van der Waals surface area (Å²) in [5.41, 5.74) is 1.08. The van der Waals surface area contributed by atoms with E-state index in [0.29, 0.717) is 5.92 Å². The lowest BCUT2D eigenvalue weighted by Gasteiger charge is -2.19. The van der Waals surface area contributed by atoms with Gasteiger partial charge >= 0.3 is 0 Å². The minimum Gasteiger partial charge on any atom is -0.207 e. The van der Waals surface area contributed by atoms with Crippen LogP contribution in [0, 0.1) is 11.7 Å². The van der Waals surface area contributed by atoms with Gasteiger partial charge in [-0.3, -0.25) is 0 Å². The number of rotatable bonds is 2. The van der Waals surface area contributed by atoms with Gasteiger partial charge in [-0.2, -0.15) is 0 Å². The zero-order valence-electron chi connectivity index (χ0n) is 9.46. The molecule has 0 spiro atoms. The van der Waals surface area contributed by atoms with Crippen LogP contribution in [0.2, 0.25) is 0 Å². The van der Waals surface area contributed by atoms with Crippen LogP contribution in [0.1, 0.15) is 37.7 Å². The highest BCUT2D eigenvalue weighted by atomic mass is 35.5. The number of benzene rings is 1. The van der Waals surface area contributed by atoms with Gasteiger partial charge in [0.2, 0.25) is 0 Å². The molecule has 0 aromatic heterocycles. The van der Waals surface area contributed by atoms with E-state index in [2.05, 4.69) is 0 Å². The molecule has 0 saturated heterocycles. The average Bonchev–Trinajstić information content (AvgIpc) is 2.45. The van der Waals surface area contributed by atoms with Crippen LogP contribution in [0.4, 0.5) is 4.39 Å². The third-order valence-electron chi connectivity index (χ3n) is 3.45. The van der Waals surface area contributed by atoms with Gasteiger partial charge in [0, 0.05) is 5.38 Å². The lowest BCUT2D eigenvalue weighted by atomic mass is 9.92. The molecule has 2 unspecified atom stereocenters. The van der Waals surface area contributed by atoms with Crippen molar-refractivity contribution in [3.05, 3.63) is 35.6 Å². The van der Waals surface area contributed by atoms with Crippen molar-refractivity contribution in [2.45, 2.75) is 43.9 Å². The summed E-state index contributed by atoms with van der Waals surface area (Å²) in [5, 5.41) is 0.269. The summed E-state index contributed by atoms with van der Waals surface area (Å²) in [7, 11) is 0. The first-order chi connectivity index (χ1) is 7.75. The highest BCUT2D eigenvalue weighted by Gasteiger charge is 2.21. The molecule has 2 rings (SSSR count). The molecule has 88 valence electrons. The van der Waals surface area contributed by atoms with Crippen molar-refractivity contribution >= 4 is 11.6 Å². The Labute approximate surface area is 102 Å². The van der Waals surface area contributed by atoms with E-state index in [1.807, 2.05) is 6.07 Å². The van der Waals surface area contributed by atoms with Crippen molar-refractivity contribution in [2.75, 3.05) is 0 Å². The zero-order valence-corrected chi connectivity index (χ0v) is 10.2. The Hall–Kier alpha value is -0.560. The van der Waals surface area contributed by atoms with E-state index < -0.39 is 0 Å². The van der Waals surface area contributed by atoms with Crippen LogP contribution in [0.15, 0.2) is 24.3 Å². The minimum absolute atomic E-state index is 0.141. The van der Waals surface area contributed by atoms with E-state index in [9.17, 15) is 4.39 Å². The van der Waals surface area contributed by atoms with Gasteiger partial charge in [0.1, 0.15) is 5.82 Å². The van der Waals surface area contributed by atoms with Crippen molar-refractivity contribution in [3.63, 3.8) is 0 Å². The highest BCUT2D eigenvalue weighted by molar-refractivity contribution is 6.20. The Morgan fingerprint density at radius 2 is 2.00 bits per heavy atom. The second-order valence-corrected chi connectivity index (χ2v) is 5.31. The standard InChI is InChI=1S/C14H18ClF/c15-14-8-3-1-2-6-12(14)9-11-5-4-7-13(16)10-11/h4-5,7,10,12,14H,1-3,6,8-9H2. The van der Waals surface area contributed by atoms with Gasteiger partial charge in [-0.05, 0) is 42.9 Å². The number of hydrogen-bond donors (Lipinski definition) is 0. The molecule has 0 amide bonds. The van der Waals surface area contributed by atoms with E-state index in [1.54, 1.807) is 12.1 Å². The Morgan fingerprint density at radius 1 is 1.19 bits per heavy atom. The molecule has 2 atom stereocenters. The van der Waals surface area contributed by atoms with E-state index >= 15 is 0 Å². The van der Waals surface area contributed by atoms with E-state index in [1.165, 1.54) is 31.7 Å². The fraction of sp³-hybridized carbons (Fsp3) is 0.571. The molecule has 1 fully saturated rings. The summed E-state index contributed by atoms with van der Waals surface area (Å²) < 4.78 is 13.1. The van der Waals surface area contributed by atoms with Crippen LogP contribution in [0.25, 0.3) is 0 Å². The Morgan fingerprint density at radius 3 is 2.81 bits per heavy atom. The topological polar surface area (TPSA) is 0 Å². The zero-order chi connectivity index (χ0) is 11.4. The van der Waals surface area contributed by atoms with Crippen molar-refractivity contribution in [1.29, 1.82) is 0 Å². The molecule has 0 radical (unpaired) electrons. The molecular formula is C14H18ClF. The van der Waals surface area contributed by atoms with E-state index in [-0.39, 0.29) is 11.2 Å². The summed E-state index contributed by atoms with van der Waals surface area (Å²) in [6.45, 7) is 0. The third-order valence-corrected chi connectivity index (χ3v) is 4.03. The fourth-order valence-electron chi connectivity index (χ4n) is 2.54. The van der Waals surface area contributed by atoms with E-state index in [4.69, 9.17) is 11.6 Å². The van der Waals surface area contributed by atoms with Gasteiger partial charge < -0.3 is 0 Å². The van der Waals surface area contributed by atoms with Gasteiger partial charge in [-0.25, -0.2) is 4.39 Å². The van der Waals surface area contributed by atoms with Gasteiger partial charge in [0.05, 0.1) is 0 Å². The van der Waals surface area contributed by atoms with Crippen LogP contribution < -0.4 is 0 Å². The van der Waals surface area contributed by atoms with Crippen LogP contribution in [0.3, 0.4) is 0 Å². The second kappa shape index (κ2) is 5.67. The Kier molecular flexibility index (Phi) is 4.22. The van der Waals surface area contributed by atoms with Crippen LogP contribution >= 0.6 is 11.6 Å². The molecule has 1 aromatic carbocycles. The quantitative estimate of drug-likeness (QED) is 0.525. The summed E-state index contributed by atoms with van der Waals surface area (Å²) >= 11 is 6.38. The summed E-state index contributed by atoms with van der Waals surface area (Å²) in [6, 6.07) is 6.91. The van der Waals surface area contributed by atoms with Crippen LogP contribution in [-0.4, -0.2) is 5.38 Å². The van der Waals surface area contributed by atoms with Crippen molar-refractivity contribution in [3.8, 4) is 0 Å². The number of halogens is 2. The van der Waals surface area contributed by atoms with Crippen molar-refractivity contribution in [2.24, 2.45) is 5.92 Å². The predicted octanol–water partition coefficient (Wildman–Crippen LogP) is 4.56. The average molecular weight is 241 g/mol. The molecule has 1 aliphatic carbocycles. The molecule has 0 bridgehead atoms. The summed E-state index contributed by atoms with van der Waals surface area (Å²) in [6.07, 6.45) is 7.03. The lowest BCUT2D eigenvalue weighted by Crippen LogP contribution is -2.16. The monoisotopic (exact) mass is 240 g/mol. The van der Waals surface area contributed by atoms with Gasteiger partial charge in [0.15, 0.2) is 0 Å². The smallest absolute Gasteiger partial charge is 0.123 e. The largest absolute Gasteiger partial charge is 0.207 e. The predicted molar refractivity (Wildman–Crippen MR) is 66.3 cm³/mol. The number of alkyl halides is 1. The Balaban J connectivity index is 2.02. The maximum absolute atomic E-state index is 13.1. The fourth-order valence-corrected chi connectivity index (χ4v) is 2.91. The molecule has 0 nitrogen and oxygen atoms in total. The lowest BCUT2D eigenvalue weighted by molar-refractivity contribution is 0.464. The molecule has 1 saturated carbocycles. The maximum atomic E-state index is 13.1. The van der Waals surface area contributed by atoms with Crippen LogP contribution in [0.5, 0.6) is 0 Å². The highest BCUT2D eigenvalue weighted by Crippen LogP contribution is 2.30.